The molecule has 2 heterocycles. The Kier molecular flexibility index (Phi) is 5.42. The molecule has 0 saturated carbocycles. The highest BCUT2D eigenvalue weighted by atomic mass is 32.1. The fraction of sp³-hybridized carbons (Fsp3) is 0.138. The number of fused-ring (bicyclic) bond motifs is 3. The summed E-state index contributed by atoms with van der Waals surface area (Å²) in [5.41, 5.74) is 6.48. The molecule has 0 bridgehead atoms. The van der Waals surface area contributed by atoms with Gasteiger partial charge in [0.1, 0.15) is 5.75 Å². The van der Waals surface area contributed by atoms with Crippen molar-refractivity contribution in [2.75, 3.05) is 7.11 Å². The van der Waals surface area contributed by atoms with E-state index in [0.29, 0.717) is 14.9 Å². The van der Waals surface area contributed by atoms with E-state index in [1.165, 1.54) is 24.0 Å². The minimum Gasteiger partial charge on any atom is -0.508 e. The molecular formula is C29H22N2O4S. The number of thiazole rings is 1. The first-order valence-electron chi connectivity index (χ1n) is 11.6. The minimum atomic E-state index is -0.397. The van der Waals surface area contributed by atoms with Crippen LogP contribution in [-0.2, 0) is 11.2 Å². The van der Waals surface area contributed by atoms with Crippen LogP contribution in [0.5, 0.6) is 5.75 Å². The lowest BCUT2D eigenvalue weighted by Crippen LogP contribution is -2.38. The molecule has 4 aromatic rings. The normalized spacial score (nSPS) is 16.6. The van der Waals surface area contributed by atoms with Gasteiger partial charge in [0.05, 0.1) is 28.9 Å². The Labute approximate surface area is 210 Å². The van der Waals surface area contributed by atoms with Crippen molar-refractivity contribution in [3.8, 4) is 5.75 Å². The summed E-state index contributed by atoms with van der Waals surface area (Å²) in [6, 6.07) is 22.0. The van der Waals surface area contributed by atoms with E-state index in [0.717, 1.165) is 40.8 Å². The molecule has 2 aliphatic rings. The van der Waals surface area contributed by atoms with Gasteiger partial charge in [-0.2, -0.15) is 0 Å². The zero-order chi connectivity index (χ0) is 24.8. The minimum absolute atomic E-state index is 0.112. The molecule has 6 rings (SSSR count). The first-order valence-corrected chi connectivity index (χ1v) is 12.5. The van der Waals surface area contributed by atoms with Crippen LogP contribution in [0.25, 0.3) is 11.8 Å². The Hall–Kier alpha value is -4.23. The van der Waals surface area contributed by atoms with E-state index in [1.54, 1.807) is 41.0 Å². The van der Waals surface area contributed by atoms with E-state index in [1.807, 2.05) is 30.3 Å². The predicted octanol–water partition coefficient (Wildman–Crippen LogP) is 3.81. The second-order valence-electron chi connectivity index (χ2n) is 8.82. The van der Waals surface area contributed by atoms with Gasteiger partial charge in [-0.25, -0.2) is 9.79 Å². The van der Waals surface area contributed by atoms with Crippen LogP contribution >= 0.6 is 11.3 Å². The molecule has 7 heteroatoms. The van der Waals surface area contributed by atoms with Crippen molar-refractivity contribution >= 4 is 29.1 Å². The number of rotatable bonds is 3. The number of phenols is 1. The molecule has 0 amide bonds. The summed E-state index contributed by atoms with van der Waals surface area (Å²) in [7, 11) is 1.36. The topological polar surface area (TPSA) is 80.9 Å². The molecule has 0 unspecified atom stereocenters. The summed E-state index contributed by atoms with van der Waals surface area (Å²) in [4.78, 5) is 31.4. The molecule has 1 atom stereocenters. The van der Waals surface area contributed by atoms with Crippen molar-refractivity contribution in [1.82, 2.24) is 4.57 Å². The quantitative estimate of drug-likeness (QED) is 0.439. The lowest BCUT2D eigenvalue weighted by Gasteiger charge is -2.30. The number of ether oxygens (including phenoxy) is 1. The third-order valence-electron chi connectivity index (χ3n) is 6.71. The van der Waals surface area contributed by atoms with Crippen LogP contribution < -0.4 is 14.9 Å². The Bertz CT molecular complexity index is 1710. The van der Waals surface area contributed by atoms with Gasteiger partial charge in [-0.1, -0.05) is 59.9 Å². The molecule has 1 aromatic heterocycles. The average Bonchev–Trinajstić information content (AvgIpc) is 3.22. The fourth-order valence-electron chi connectivity index (χ4n) is 4.96. The van der Waals surface area contributed by atoms with Crippen LogP contribution in [0.2, 0.25) is 0 Å². The molecule has 1 aliphatic carbocycles. The van der Waals surface area contributed by atoms with Crippen LogP contribution in [0.15, 0.2) is 88.2 Å². The summed E-state index contributed by atoms with van der Waals surface area (Å²) < 4.78 is 7.20. The number of hydrogen-bond acceptors (Lipinski definition) is 6. The van der Waals surface area contributed by atoms with Crippen LogP contribution in [0.1, 0.15) is 45.1 Å². The van der Waals surface area contributed by atoms with Gasteiger partial charge < -0.3 is 9.84 Å². The molecule has 0 fully saturated rings. The van der Waals surface area contributed by atoms with Gasteiger partial charge in [0.15, 0.2) is 4.80 Å². The van der Waals surface area contributed by atoms with Crippen LogP contribution in [-0.4, -0.2) is 22.8 Å². The summed E-state index contributed by atoms with van der Waals surface area (Å²) in [5.74, 6) is -0.221. The lowest BCUT2D eigenvalue weighted by atomic mass is 9.83. The number of aryl methyl sites for hydroxylation is 1. The standard InChI is InChI=1S/C29H22N2O4S/c1-35-28(34)20-10-8-19(9-11-20)26-23-15-12-18-4-2-3-5-22(18)25(23)30-29-31(26)27(33)24(36-29)16-17-6-13-21(32)14-7-17/h2-11,13-14,16,26,32H,12,15H2,1H3/b24-16+/t26-/m1/s1. The number of allylic oxidation sites excluding steroid dienone is 1. The highest BCUT2D eigenvalue weighted by Gasteiger charge is 2.32. The van der Waals surface area contributed by atoms with Crippen molar-refractivity contribution in [1.29, 1.82) is 0 Å². The Morgan fingerprint density at radius 2 is 1.81 bits per heavy atom. The molecule has 36 heavy (non-hydrogen) atoms. The van der Waals surface area contributed by atoms with Gasteiger partial charge in [0.2, 0.25) is 0 Å². The van der Waals surface area contributed by atoms with Crippen molar-refractivity contribution in [3.05, 3.63) is 126 Å². The molecule has 6 nitrogen and oxygen atoms in total. The van der Waals surface area contributed by atoms with Crippen LogP contribution in [0.4, 0.5) is 0 Å². The lowest BCUT2D eigenvalue weighted by molar-refractivity contribution is 0.0600. The smallest absolute Gasteiger partial charge is 0.337 e. The van der Waals surface area contributed by atoms with Gasteiger partial charge >= 0.3 is 5.97 Å². The number of benzene rings is 3. The Balaban J connectivity index is 1.58. The van der Waals surface area contributed by atoms with E-state index in [9.17, 15) is 14.7 Å². The number of methoxy groups -OCH3 is 1. The molecular weight excluding hydrogens is 472 g/mol. The molecule has 3 aromatic carbocycles. The van der Waals surface area contributed by atoms with Crippen LogP contribution in [0, 0.1) is 0 Å². The second kappa shape index (κ2) is 8.77. The van der Waals surface area contributed by atoms with Gasteiger partial charge in [0.25, 0.3) is 5.56 Å². The number of aromatic nitrogens is 1. The third kappa shape index (κ3) is 3.69. The van der Waals surface area contributed by atoms with Crippen molar-refractivity contribution < 1.29 is 14.6 Å². The number of carbonyl (C=O) groups excluding carboxylic acids is 1. The van der Waals surface area contributed by atoms with E-state index in [4.69, 9.17) is 9.73 Å². The molecule has 0 spiro atoms. The van der Waals surface area contributed by atoms with Gasteiger partial charge in [-0.3, -0.25) is 9.36 Å². The maximum absolute atomic E-state index is 13.7. The zero-order valence-corrected chi connectivity index (χ0v) is 20.3. The van der Waals surface area contributed by atoms with E-state index >= 15 is 0 Å². The molecule has 1 N–H and O–H groups in total. The average molecular weight is 495 g/mol. The SMILES string of the molecule is COC(=O)c1ccc([C@@H]2C3=C(N=c4s/c(=C/c5ccc(O)cc5)c(=O)n42)c2ccccc2CC3)cc1. The highest BCUT2D eigenvalue weighted by molar-refractivity contribution is 7.07. The van der Waals surface area contributed by atoms with E-state index in [-0.39, 0.29) is 17.4 Å². The first kappa shape index (κ1) is 22.2. The Morgan fingerprint density at radius 1 is 1.06 bits per heavy atom. The summed E-state index contributed by atoms with van der Waals surface area (Å²) in [6.07, 6.45) is 3.50. The molecule has 0 radical (unpaired) electrons. The summed E-state index contributed by atoms with van der Waals surface area (Å²) in [6.45, 7) is 0. The first-order chi connectivity index (χ1) is 17.5. The van der Waals surface area contributed by atoms with Crippen molar-refractivity contribution in [2.24, 2.45) is 4.99 Å². The number of aromatic hydroxyl groups is 1. The zero-order valence-electron chi connectivity index (χ0n) is 19.5. The van der Waals surface area contributed by atoms with E-state index in [2.05, 4.69) is 12.1 Å². The Morgan fingerprint density at radius 3 is 2.56 bits per heavy atom. The fourth-order valence-corrected chi connectivity index (χ4v) is 5.96. The molecule has 178 valence electrons. The number of hydrogen-bond donors (Lipinski definition) is 1. The monoisotopic (exact) mass is 494 g/mol. The van der Waals surface area contributed by atoms with Gasteiger partial charge in [-0.05, 0) is 65.4 Å². The second-order valence-corrected chi connectivity index (χ2v) is 9.83. The summed E-state index contributed by atoms with van der Waals surface area (Å²) in [5, 5.41) is 9.61. The third-order valence-corrected chi connectivity index (χ3v) is 7.69. The van der Waals surface area contributed by atoms with Crippen LogP contribution in [0.3, 0.4) is 0 Å². The maximum atomic E-state index is 13.7. The van der Waals surface area contributed by atoms with Crippen molar-refractivity contribution in [2.45, 2.75) is 18.9 Å². The number of nitrogens with zero attached hydrogens (tertiary/aromatic N) is 2. The van der Waals surface area contributed by atoms with E-state index < -0.39 is 5.97 Å². The number of phenolic OH excluding ortho intramolecular Hbond substituents is 1. The largest absolute Gasteiger partial charge is 0.508 e. The highest BCUT2D eigenvalue weighted by Crippen LogP contribution is 2.41. The summed E-state index contributed by atoms with van der Waals surface area (Å²) >= 11 is 1.36. The number of esters is 1. The van der Waals surface area contributed by atoms with Gasteiger partial charge in [-0.15, -0.1) is 0 Å². The maximum Gasteiger partial charge on any atom is 0.337 e. The van der Waals surface area contributed by atoms with Gasteiger partial charge in [0, 0.05) is 5.56 Å². The van der Waals surface area contributed by atoms with Crippen molar-refractivity contribution in [3.63, 3.8) is 0 Å². The number of carbonyl (C=O) groups is 1. The molecule has 1 aliphatic heterocycles. The predicted molar refractivity (Wildman–Crippen MR) is 139 cm³/mol. The molecule has 0 saturated heterocycles.